The van der Waals surface area contributed by atoms with Gasteiger partial charge >= 0.3 is 5.97 Å². The first-order valence-electron chi connectivity index (χ1n) is 8.82. The van der Waals surface area contributed by atoms with Crippen LogP contribution in [0.1, 0.15) is 22.6 Å². The minimum Gasteiger partial charge on any atom is -0.465 e. The Labute approximate surface area is 176 Å². The third-order valence-corrected chi connectivity index (χ3v) is 6.55. The average molecular weight is 477 g/mol. The summed E-state index contributed by atoms with van der Waals surface area (Å²) < 4.78 is 35.8. The van der Waals surface area contributed by atoms with E-state index in [1.807, 2.05) is 10.6 Å². The van der Waals surface area contributed by atoms with Gasteiger partial charge < -0.3 is 9.30 Å². The number of sulfonamides is 1. The van der Waals surface area contributed by atoms with Crippen LogP contribution in [0.4, 0.5) is 5.69 Å². The highest BCUT2D eigenvalue weighted by Gasteiger charge is 2.24. The van der Waals surface area contributed by atoms with E-state index in [2.05, 4.69) is 30.8 Å². The molecule has 0 radical (unpaired) electrons. The third-order valence-electron chi connectivity index (χ3n) is 4.62. The molecule has 0 unspecified atom stereocenters. The number of esters is 1. The lowest BCUT2D eigenvalue weighted by Crippen LogP contribution is -2.17. The Bertz CT molecular complexity index is 1210. The average Bonchev–Trinajstić information content (AvgIpc) is 3.30. The standard InChI is InChI=1S/C19H17BrN4O4S/c1-28-19(25)15-11-13(20)7-8-16(15)29(26,27)23-14-5-2-4-12(10-14)18-22-21-17-6-3-9-24(17)18/h2,4-5,7-8,10-11,23H,3,6,9H2,1H3. The summed E-state index contributed by atoms with van der Waals surface area (Å²) in [7, 11) is -2.83. The molecular weight excluding hydrogens is 460 g/mol. The van der Waals surface area contributed by atoms with Crippen LogP contribution in [-0.4, -0.2) is 36.3 Å². The molecule has 0 amide bonds. The molecular formula is C19H17BrN4O4S. The van der Waals surface area contributed by atoms with E-state index in [1.54, 1.807) is 24.3 Å². The van der Waals surface area contributed by atoms with Gasteiger partial charge in [-0.25, -0.2) is 13.2 Å². The van der Waals surface area contributed by atoms with Gasteiger partial charge in [-0.1, -0.05) is 28.1 Å². The smallest absolute Gasteiger partial charge is 0.339 e. The van der Waals surface area contributed by atoms with Crippen molar-refractivity contribution in [3.8, 4) is 11.4 Å². The van der Waals surface area contributed by atoms with Gasteiger partial charge in [0.15, 0.2) is 5.82 Å². The molecule has 2 aromatic carbocycles. The van der Waals surface area contributed by atoms with Gasteiger partial charge in [0.05, 0.1) is 12.7 Å². The predicted molar refractivity (Wildman–Crippen MR) is 110 cm³/mol. The van der Waals surface area contributed by atoms with E-state index in [4.69, 9.17) is 4.74 Å². The van der Waals surface area contributed by atoms with Gasteiger partial charge in [0.25, 0.3) is 10.0 Å². The highest BCUT2D eigenvalue weighted by molar-refractivity contribution is 9.10. The maximum atomic E-state index is 13.0. The summed E-state index contributed by atoms with van der Waals surface area (Å²) >= 11 is 3.25. The van der Waals surface area contributed by atoms with Crippen molar-refractivity contribution in [2.75, 3.05) is 11.8 Å². The van der Waals surface area contributed by atoms with Crippen LogP contribution in [0.15, 0.2) is 51.8 Å². The number of carbonyl (C=O) groups excluding carboxylic acids is 1. The zero-order valence-electron chi connectivity index (χ0n) is 15.4. The molecule has 1 N–H and O–H groups in total. The monoisotopic (exact) mass is 476 g/mol. The van der Waals surface area contributed by atoms with E-state index < -0.39 is 16.0 Å². The molecule has 2 heterocycles. The molecule has 1 aliphatic rings. The van der Waals surface area contributed by atoms with Gasteiger partial charge in [0.2, 0.25) is 0 Å². The number of nitrogens with zero attached hydrogens (tertiary/aromatic N) is 3. The molecule has 1 aromatic heterocycles. The second-order valence-corrected chi connectivity index (χ2v) is 9.08. The molecule has 0 saturated carbocycles. The van der Waals surface area contributed by atoms with Crippen LogP contribution in [0.3, 0.4) is 0 Å². The highest BCUT2D eigenvalue weighted by atomic mass is 79.9. The Morgan fingerprint density at radius 1 is 1.21 bits per heavy atom. The summed E-state index contributed by atoms with van der Waals surface area (Å²) in [4.78, 5) is 11.9. The number of aryl methyl sites for hydroxylation is 1. The Kier molecular flexibility index (Phi) is 5.13. The molecule has 3 aromatic rings. The van der Waals surface area contributed by atoms with Crippen molar-refractivity contribution >= 4 is 37.6 Å². The van der Waals surface area contributed by atoms with Crippen LogP contribution in [0.25, 0.3) is 11.4 Å². The van der Waals surface area contributed by atoms with Crippen molar-refractivity contribution in [1.29, 1.82) is 0 Å². The largest absolute Gasteiger partial charge is 0.465 e. The summed E-state index contributed by atoms with van der Waals surface area (Å²) in [6.07, 6.45) is 1.91. The molecule has 29 heavy (non-hydrogen) atoms. The van der Waals surface area contributed by atoms with E-state index in [9.17, 15) is 13.2 Å². The number of nitrogens with one attached hydrogen (secondary N) is 1. The number of benzene rings is 2. The van der Waals surface area contributed by atoms with Crippen LogP contribution in [0, 0.1) is 0 Å². The minimum atomic E-state index is -4.03. The first-order chi connectivity index (χ1) is 13.9. The van der Waals surface area contributed by atoms with E-state index >= 15 is 0 Å². The quantitative estimate of drug-likeness (QED) is 0.566. The SMILES string of the molecule is COC(=O)c1cc(Br)ccc1S(=O)(=O)Nc1cccc(-c2nnc3n2CCC3)c1. The lowest BCUT2D eigenvalue weighted by Gasteiger charge is -2.12. The number of ether oxygens (including phenoxy) is 1. The topological polar surface area (TPSA) is 103 Å². The lowest BCUT2D eigenvalue weighted by atomic mass is 10.2. The molecule has 0 bridgehead atoms. The first kappa shape index (κ1) is 19.6. The van der Waals surface area contributed by atoms with Crippen molar-refractivity contribution in [2.45, 2.75) is 24.3 Å². The molecule has 0 saturated heterocycles. The van der Waals surface area contributed by atoms with Crippen molar-refractivity contribution in [2.24, 2.45) is 0 Å². The fourth-order valence-electron chi connectivity index (χ4n) is 3.30. The lowest BCUT2D eigenvalue weighted by molar-refractivity contribution is 0.0596. The summed E-state index contributed by atoms with van der Waals surface area (Å²) in [5, 5.41) is 8.42. The van der Waals surface area contributed by atoms with E-state index in [0.717, 1.165) is 30.8 Å². The van der Waals surface area contributed by atoms with E-state index in [1.165, 1.54) is 19.2 Å². The number of halogens is 1. The van der Waals surface area contributed by atoms with Crippen LogP contribution < -0.4 is 4.72 Å². The number of fused-ring (bicyclic) bond motifs is 1. The fraction of sp³-hybridized carbons (Fsp3) is 0.211. The maximum absolute atomic E-state index is 13.0. The number of aromatic nitrogens is 3. The number of hydrogen-bond donors (Lipinski definition) is 1. The number of rotatable bonds is 5. The summed E-state index contributed by atoms with van der Waals surface area (Å²) in [6, 6.07) is 11.3. The molecule has 4 rings (SSSR count). The molecule has 1 aliphatic heterocycles. The fourth-order valence-corrected chi connectivity index (χ4v) is 4.89. The molecule has 0 fully saturated rings. The van der Waals surface area contributed by atoms with Crippen LogP contribution in [-0.2, 0) is 27.7 Å². The number of anilines is 1. The molecule has 0 spiro atoms. The maximum Gasteiger partial charge on any atom is 0.339 e. The summed E-state index contributed by atoms with van der Waals surface area (Å²) in [5.74, 6) is 0.903. The first-order valence-corrected chi connectivity index (χ1v) is 11.1. The Morgan fingerprint density at radius 3 is 2.83 bits per heavy atom. The number of methoxy groups -OCH3 is 1. The van der Waals surface area contributed by atoms with Gasteiger partial charge in [0.1, 0.15) is 10.7 Å². The van der Waals surface area contributed by atoms with E-state index in [0.29, 0.717) is 16.0 Å². The highest BCUT2D eigenvalue weighted by Crippen LogP contribution is 2.28. The third kappa shape index (κ3) is 3.77. The van der Waals surface area contributed by atoms with Crippen molar-refractivity contribution < 1.29 is 17.9 Å². The zero-order valence-corrected chi connectivity index (χ0v) is 17.8. The van der Waals surface area contributed by atoms with Gasteiger partial charge in [-0.15, -0.1) is 10.2 Å². The number of hydrogen-bond acceptors (Lipinski definition) is 6. The van der Waals surface area contributed by atoms with Crippen molar-refractivity contribution in [3.05, 3.63) is 58.3 Å². The van der Waals surface area contributed by atoms with Crippen molar-refractivity contribution in [3.63, 3.8) is 0 Å². The molecule has 0 aliphatic carbocycles. The molecule has 10 heteroatoms. The normalized spacial score (nSPS) is 13.2. The molecule has 8 nitrogen and oxygen atoms in total. The molecule has 0 atom stereocenters. The van der Waals surface area contributed by atoms with Gasteiger partial charge in [-0.05, 0) is 36.8 Å². The number of carbonyl (C=O) groups is 1. The Balaban J connectivity index is 1.69. The van der Waals surface area contributed by atoms with Gasteiger partial charge in [-0.2, -0.15) is 0 Å². The van der Waals surface area contributed by atoms with Crippen LogP contribution in [0.2, 0.25) is 0 Å². The van der Waals surface area contributed by atoms with Crippen LogP contribution in [0.5, 0.6) is 0 Å². The second-order valence-electron chi connectivity index (χ2n) is 6.51. The zero-order chi connectivity index (χ0) is 20.6. The van der Waals surface area contributed by atoms with E-state index in [-0.39, 0.29) is 10.5 Å². The Morgan fingerprint density at radius 2 is 2.03 bits per heavy atom. The predicted octanol–water partition coefficient (Wildman–Crippen LogP) is 3.24. The van der Waals surface area contributed by atoms with Crippen LogP contribution >= 0.6 is 15.9 Å². The molecule has 150 valence electrons. The Hall–Kier alpha value is -2.72. The second kappa shape index (κ2) is 7.60. The summed E-state index contributed by atoms with van der Waals surface area (Å²) in [5.41, 5.74) is 1.06. The van der Waals surface area contributed by atoms with Crippen molar-refractivity contribution in [1.82, 2.24) is 14.8 Å². The minimum absolute atomic E-state index is 0.0548. The van der Waals surface area contributed by atoms with Gasteiger partial charge in [0, 0.05) is 28.7 Å². The van der Waals surface area contributed by atoms with Gasteiger partial charge in [-0.3, -0.25) is 4.72 Å². The summed E-state index contributed by atoms with van der Waals surface area (Å²) in [6.45, 7) is 0.842.